The Kier molecular flexibility index (Phi) is 3.30. The van der Waals surface area contributed by atoms with Gasteiger partial charge in [0.1, 0.15) is 0 Å². The third kappa shape index (κ3) is 2.51. The molecule has 2 aromatic rings. The van der Waals surface area contributed by atoms with Crippen molar-refractivity contribution in [3.8, 4) is 0 Å². The minimum atomic E-state index is -0.399. The summed E-state index contributed by atoms with van der Waals surface area (Å²) in [7, 11) is 0. The predicted molar refractivity (Wildman–Crippen MR) is 82.2 cm³/mol. The second-order valence-electron chi connectivity index (χ2n) is 6.50. The van der Waals surface area contributed by atoms with Crippen molar-refractivity contribution in [1.29, 1.82) is 0 Å². The number of nitrogens with zero attached hydrogens (tertiary/aromatic N) is 2. The topological polar surface area (TPSA) is 38.1 Å². The van der Waals surface area contributed by atoms with Crippen LogP contribution in [0.1, 0.15) is 67.0 Å². The minimum Gasteiger partial charge on any atom is -0.387 e. The maximum Gasteiger partial charge on any atom is 0.0961 e. The van der Waals surface area contributed by atoms with E-state index in [0.29, 0.717) is 12.0 Å². The first-order chi connectivity index (χ1) is 10.3. The molecule has 1 heterocycles. The SMILES string of the molecule is OC(CC1CCCc2ccccc21)c1cncn1C1CC1. The predicted octanol–water partition coefficient (Wildman–Crippen LogP) is 3.76. The summed E-state index contributed by atoms with van der Waals surface area (Å²) in [5, 5.41) is 10.7. The van der Waals surface area contributed by atoms with E-state index < -0.39 is 6.10 Å². The molecule has 0 spiro atoms. The molecule has 2 aliphatic rings. The lowest BCUT2D eigenvalue weighted by atomic mass is 9.80. The third-order valence-electron chi connectivity index (χ3n) is 4.98. The summed E-state index contributed by atoms with van der Waals surface area (Å²) in [5.41, 5.74) is 3.91. The molecule has 1 aromatic heterocycles. The fourth-order valence-corrected chi connectivity index (χ4v) is 3.72. The fraction of sp³-hybridized carbons (Fsp3) is 0.500. The van der Waals surface area contributed by atoms with Crippen LogP contribution in [0.2, 0.25) is 0 Å². The van der Waals surface area contributed by atoms with Crippen molar-refractivity contribution >= 4 is 0 Å². The fourth-order valence-electron chi connectivity index (χ4n) is 3.72. The van der Waals surface area contributed by atoms with Gasteiger partial charge in [0.25, 0.3) is 0 Å². The molecule has 1 fully saturated rings. The number of aliphatic hydroxyl groups is 1. The number of hydrogen-bond donors (Lipinski definition) is 1. The van der Waals surface area contributed by atoms with E-state index in [1.54, 1.807) is 0 Å². The number of aromatic nitrogens is 2. The van der Waals surface area contributed by atoms with Crippen LogP contribution in [0.3, 0.4) is 0 Å². The van der Waals surface area contributed by atoms with Gasteiger partial charge < -0.3 is 9.67 Å². The van der Waals surface area contributed by atoms with Crippen LogP contribution >= 0.6 is 0 Å². The standard InChI is InChI=1S/C18H22N2O/c21-18(17-11-19-12-20(17)15-8-9-15)10-14-6-3-5-13-4-1-2-7-16(13)14/h1-2,4,7,11-12,14-15,18,21H,3,5-6,8-10H2. The van der Waals surface area contributed by atoms with E-state index in [1.165, 1.54) is 43.2 Å². The maximum atomic E-state index is 10.7. The van der Waals surface area contributed by atoms with Crippen molar-refractivity contribution in [2.75, 3.05) is 0 Å². The summed E-state index contributed by atoms with van der Waals surface area (Å²) in [4.78, 5) is 4.24. The van der Waals surface area contributed by atoms with E-state index in [0.717, 1.165) is 12.1 Å². The van der Waals surface area contributed by atoms with Crippen molar-refractivity contribution in [2.24, 2.45) is 0 Å². The number of aryl methyl sites for hydroxylation is 1. The van der Waals surface area contributed by atoms with Crippen LogP contribution in [0.5, 0.6) is 0 Å². The van der Waals surface area contributed by atoms with Gasteiger partial charge in [-0.1, -0.05) is 24.3 Å². The van der Waals surface area contributed by atoms with Gasteiger partial charge in [0, 0.05) is 6.04 Å². The molecule has 0 amide bonds. The number of fused-ring (bicyclic) bond motifs is 1. The largest absolute Gasteiger partial charge is 0.387 e. The maximum absolute atomic E-state index is 10.7. The molecule has 110 valence electrons. The lowest BCUT2D eigenvalue weighted by Crippen LogP contribution is -2.14. The van der Waals surface area contributed by atoms with Gasteiger partial charge in [-0.2, -0.15) is 0 Å². The van der Waals surface area contributed by atoms with E-state index in [2.05, 4.69) is 33.8 Å². The molecule has 1 aromatic carbocycles. The molecule has 0 saturated heterocycles. The normalized spacial score (nSPS) is 22.8. The first kappa shape index (κ1) is 13.1. The van der Waals surface area contributed by atoms with Crippen LogP contribution in [-0.4, -0.2) is 14.7 Å². The van der Waals surface area contributed by atoms with Crippen molar-refractivity contribution in [1.82, 2.24) is 9.55 Å². The van der Waals surface area contributed by atoms with Gasteiger partial charge in [-0.05, 0) is 55.6 Å². The Balaban J connectivity index is 1.55. The monoisotopic (exact) mass is 282 g/mol. The van der Waals surface area contributed by atoms with Crippen LogP contribution in [0.4, 0.5) is 0 Å². The first-order valence-corrected chi connectivity index (χ1v) is 8.10. The molecule has 0 bridgehead atoms. The molecular weight excluding hydrogens is 260 g/mol. The Hall–Kier alpha value is -1.61. The van der Waals surface area contributed by atoms with E-state index in [4.69, 9.17) is 0 Å². The van der Waals surface area contributed by atoms with E-state index in [9.17, 15) is 5.11 Å². The van der Waals surface area contributed by atoms with Crippen LogP contribution < -0.4 is 0 Å². The average molecular weight is 282 g/mol. The Morgan fingerprint density at radius 1 is 1.24 bits per heavy atom. The molecule has 2 aliphatic carbocycles. The van der Waals surface area contributed by atoms with Crippen molar-refractivity contribution in [2.45, 2.75) is 56.6 Å². The second-order valence-corrected chi connectivity index (χ2v) is 6.50. The van der Waals surface area contributed by atoms with Crippen LogP contribution in [0, 0.1) is 0 Å². The molecule has 0 aliphatic heterocycles. The Bertz CT molecular complexity index is 630. The highest BCUT2D eigenvalue weighted by Gasteiger charge is 2.29. The summed E-state index contributed by atoms with van der Waals surface area (Å²) in [6, 6.07) is 9.31. The number of hydrogen-bond acceptors (Lipinski definition) is 2. The van der Waals surface area contributed by atoms with Gasteiger partial charge in [-0.3, -0.25) is 0 Å². The minimum absolute atomic E-state index is 0.399. The van der Waals surface area contributed by atoms with Gasteiger partial charge in [0.15, 0.2) is 0 Å². The van der Waals surface area contributed by atoms with Crippen molar-refractivity contribution in [3.05, 3.63) is 53.6 Å². The van der Waals surface area contributed by atoms with Crippen molar-refractivity contribution in [3.63, 3.8) is 0 Å². The zero-order chi connectivity index (χ0) is 14.2. The lowest BCUT2D eigenvalue weighted by molar-refractivity contribution is 0.145. The van der Waals surface area contributed by atoms with Crippen LogP contribution in [0.25, 0.3) is 0 Å². The zero-order valence-corrected chi connectivity index (χ0v) is 12.3. The van der Waals surface area contributed by atoms with E-state index in [1.807, 2.05) is 12.5 Å². The third-order valence-corrected chi connectivity index (χ3v) is 4.98. The van der Waals surface area contributed by atoms with Crippen LogP contribution in [-0.2, 0) is 6.42 Å². The van der Waals surface area contributed by atoms with Gasteiger partial charge in [0.2, 0.25) is 0 Å². The molecule has 2 atom stereocenters. The van der Waals surface area contributed by atoms with E-state index in [-0.39, 0.29) is 0 Å². The number of imidazole rings is 1. The highest BCUT2D eigenvalue weighted by atomic mass is 16.3. The molecule has 3 heteroatoms. The van der Waals surface area contributed by atoms with E-state index >= 15 is 0 Å². The number of aliphatic hydroxyl groups excluding tert-OH is 1. The molecule has 3 nitrogen and oxygen atoms in total. The second kappa shape index (κ2) is 5.30. The van der Waals surface area contributed by atoms with Crippen LogP contribution in [0.15, 0.2) is 36.8 Å². The molecule has 1 saturated carbocycles. The quantitative estimate of drug-likeness (QED) is 0.927. The van der Waals surface area contributed by atoms with Crippen molar-refractivity contribution < 1.29 is 5.11 Å². The highest BCUT2D eigenvalue weighted by molar-refractivity contribution is 5.32. The summed E-state index contributed by atoms with van der Waals surface area (Å²) in [6.07, 6.45) is 10.2. The van der Waals surface area contributed by atoms with Gasteiger partial charge in [-0.25, -0.2) is 4.98 Å². The summed E-state index contributed by atoms with van der Waals surface area (Å²) < 4.78 is 2.18. The van der Waals surface area contributed by atoms with Gasteiger partial charge in [0.05, 0.1) is 24.3 Å². The zero-order valence-electron chi connectivity index (χ0n) is 12.3. The highest BCUT2D eigenvalue weighted by Crippen LogP contribution is 2.40. The summed E-state index contributed by atoms with van der Waals surface area (Å²) in [5.74, 6) is 0.479. The molecule has 4 rings (SSSR count). The summed E-state index contributed by atoms with van der Waals surface area (Å²) >= 11 is 0. The van der Waals surface area contributed by atoms with Gasteiger partial charge >= 0.3 is 0 Å². The first-order valence-electron chi connectivity index (χ1n) is 8.10. The smallest absolute Gasteiger partial charge is 0.0961 e. The Morgan fingerprint density at radius 2 is 2.10 bits per heavy atom. The molecule has 21 heavy (non-hydrogen) atoms. The molecule has 0 radical (unpaired) electrons. The Labute approximate surface area is 125 Å². The molecule has 1 N–H and O–H groups in total. The number of rotatable bonds is 4. The van der Waals surface area contributed by atoms with Gasteiger partial charge in [-0.15, -0.1) is 0 Å². The molecular formula is C18H22N2O. The average Bonchev–Trinajstić information content (AvgIpc) is 3.24. The number of benzene rings is 1. The molecule has 2 unspecified atom stereocenters. The lowest BCUT2D eigenvalue weighted by Gasteiger charge is -2.27. The summed E-state index contributed by atoms with van der Waals surface area (Å²) in [6.45, 7) is 0. The Morgan fingerprint density at radius 3 is 2.95 bits per heavy atom.